The number of carbonyl (C=O) groups is 2. The summed E-state index contributed by atoms with van der Waals surface area (Å²) in [4.78, 5) is 22.8. The summed E-state index contributed by atoms with van der Waals surface area (Å²) >= 11 is 3.36. The van der Waals surface area contributed by atoms with Gasteiger partial charge in [-0.15, -0.1) is 0 Å². The highest BCUT2D eigenvalue weighted by atomic mass is 79.9. The maximum absolute atomic E-state index is 11.5. The number of fused-ring (bicyclic) bond motifs is 2. The number of Topliss-reactive ketones (excluding diaryl/α,β-unsaturated/α-hetero) is 1. The minimum atomic E-state index is -0.222. The van der Waals surface area contributed by atoms with Crippen molar-refractivity contribution in [3.63, 3.8) is 0 Å². The van der Waals surface area contributed by atoms with E-state index >= 15 is 0 Å². The van der Waals surface area contributed by atoms with Gasteiger partial charge in [0.05, 0.1) is 17.9 Å². The lowest BCUT2D eigenvalue weighted by Gasteiger charge is -2.21. The van der Waals surface area contributed by atoms with E-state index in [1.165, 1.54) is 7.11 Å². The van der Waals surface area contributed by atoms with Gasteiger partial charge in [0.1, 0.15) is 0 Å². The quantitative estimate of drug-likeness (QED) is 0.515. The zero-order chi connectivity index (χ0) is 9.59. The van der Waals surface area contributed by atoms with Gasteiger partial charge in [0.2, 0.25) is 0 Å². The minimum absolute atomic E-state index is 0.0154. The molecule has 0 amide bonds. The number of alkyl halides is 1. The van der Waals surface area contributed by atoms with Crippen LogP contribution in [0, 0.1) is 17.8 Å². The van der Waals surface area contributed by atoms with Crippen molar-refractivity contribution in [1.82, 2.24) is 0 Å². The van der Waals surface area contributed by atoms with Crippen molar-refractivity contribution in [2.24, 2.45) is 17.8 Å². The monoisotopic (exact) mass is 246 g/mol. The van der Waals surface area contributed by atoms with Gasteiger partial charge in [0, 0.05) is 5.92 Å². The molecule has 4 atom stereocenters. The third kappa shape index (κ3) is 1.23. The van der Waals surface area contributed by atoms with Crippen LogP contribution in [-0.4, -0.2) is 23.7 Å². The molecule has 72 valence electrons. The first-order chi connectivity index (χ1) is 6.15. The Hall–Kier alpha value is -0.380. The Morgan fingerprint density at radius 1 is 1.54 bits per heavy atom. The van der Waals surface area contributed by atoms with E-state index in [2.05, 4.69) is 20.7 Å². The van der Waals surface area contributed by atoms with Crippen molar-refractivity contribution < 1.29 is 14.3 Å². The smallest absolute Gasteiger partial charge is 0.309 e. The molecule has 2 rings (SSSR count). The lowest BCUT2D eigenvalue weighted by atomic mass is 9.88. The highest BCUT2D eigenvalue weighted by Gasteiger charge is 2.53. The normalized spacial score (nSPS) is 42.5. The van der Waals surface area contributed by atoms with E-state index in [9.17, 15) is 9.59 Å². The third-order valence-corrected chi connectivity index (χ3v) is 4.35. The molecule has 0 saturated heterocycles. The highest BCUT2D eigenvalue weighted by molar-refractivity contribution is 9.10. The molecular formula is C9H11BrO3. The summed E-state index contributed by atoms with van der Waals surface area (Å²) < 4.78 is 4.66. The molecule has 4 heteroatoms. The molecule has 3 nitrogen and oxygen atoms in total. The molecule has 0 aromatic heterocycles. The standard InChI is InChI=1S/C9H11BrO3/c1-13-9(12)6-3-4-2-5(6)8(11)7(4)10/h4-7H,2-3H2,1H3/t4-,5-,6-,7-/m1/s1. The number of rotatable bonds is 1. The molecule has 13 heavy (non-hydrogen) atoms. The summed E-state index contributed by atoms with van der Waals surface area (Å²) in [7, 11) is 1.38. The average molecular weight is 247 g/mol. The van der Waals surface area contributed by atoms with Crippen molar-refractivity contribution in [2.75, 3.05) is 7.11 Å². The summed E-state index contributed by atoms with van der Waals surface area (Å²) in [6, 6.07) is 0. The predicted octanol–water partition coefficient (Wildman–Crippen LogP) is 1.15. The predicted molar refractivity (Wildman–Crippen MR) is 49.4 cm³/mol. The van der Waals surface area contributed by atoms with Crippen LogP contribution in [0.25, 0.3) is 0 Å². The van der Waals surface area contributed by atoms with Gasteiger partial charge < -0.3 is 4.74 Å². The van der Waals surface area contributed by atoms with Crippen LogP contribution in [0.4, 0.5) is 0 Å². The van der Waals surface area contributed by atoms with Crippen molar-refractivity contribution in [2.45, 2.75) is 17.7 Å². The van der Waals surface area contributed by atoms with Crippen molar-refractivity contribution in [3.8, 4) is 0 Å². The van der Waals surface area contributed by atoms with Crippen LogP contribution in [0.2, 0.25) is 0 Å². The Bertz CT molecular complexity index is 264. The lowest BCUT2D eigenvalue weighted by molar-refractivity contribution is -0.149. The molecule has 0 aliphatic heterocycles. The van der Waals surface area contributed by atoms with E-state index in [0.717, 1.165) is 12.8 Å². The minimum Gasteiger partial charge on any atom is -0.469 e. The van der Waals surface area contributed by atoms with Gasteiger partial charge in [-0.2, -0.15) is 0 Å². The molecule has 2 bridgehead atoms. The number of methoxy groups -OCH3 is 1. The van der Waals surface area contributed by atoms with Crippen molar-refractivity contribution >= 4 is 27.7 Å². The lowest BCUT2D eigenvalue weighted by Crippen LogP contribution is -2.33. The first kappa shape index (κ1) is 9.19. The topological polar surface area (TPSA) is 43.4 Å². The van der Waals surface area contributed by atoms with E-state index in [1.54, 1.807) is 0 Å². The summed E-state index contributed by atoms with van der Waals surface area (Å²) in [6.07, 6.45) is 1.66. The molecule has 0 aromatic rings. The first-order valence-corrected chi connectivity index (χ1v) is 5.32. The zero-order valence-electron chi connectivity index (χ0n) is 7.33. The Balaban J connectivity index is 2.14. The number of hydrogen-bond acceptors (Lipinski definition) is 3. The van der Waals surface area contributed by atoms with Gasteiger partial charge in [0.15, 0.2) is 5.78 Å². The maximum Gasteiger partial charge on any atom is 0.309 e. The highest BCUT2D eigenvalue weighted by Crippen LogP contribution is 2.49. The average Bonchev–Trinajstić information content (AvgIpc) is 2.67. The molecule has 0 aromatic carbocycles. The maximum atomic E-state index is 11.5. The molecule has 0 unspecified atom stereocenters. The second-order valence-electron chi connectivity index (χ2n) is 3.77. The fourth-order valence-electron chi connectivity index (χ4n) is 2.48. The Kier molecular flexibility index (Phi) is 2.18. The van der Waals surface area contributed by atoms with Crippen molar-refractivity contribution in [1.29, 1.82) is 0 Å². The molecule has 2 aliphatic carbocycles. The number of hydrogen-bond donors (Lipinski definition) is 0. The van der Waals surface area contributed by atoms with E-state index in [-0.39, 0.29) is 28.4 Å². The van der Waals surface area contributed by atoms with E-state index in [1.807, 2.05) is 0 Å². The fraction of sp³-hybridized carbons (Fsp3) is 0.778. The number of carbonyl (C=O) groups excluding carboxylic acids is 2. The molecule has 0 spiro atoms. The zero-order valence-corrected chi connectivity index (χ0v) is 8.91. The number of esters is 1. The van der Waals surface area contributed by atoms with Crippen LogP contribution < -0.4 is 0 Å². The van der Waals surface area contributed by atoms with Crippen LogP contribution in [0.15, 0.2) is 0 Å². The van der Waals surface area contributed by atoms with Gasteiger partial charge in [-0.3, -0.25) is 9.59 Å². The Labute approximate surface area is 85.0 Å². The number of ketones is 1. The van der Waals surface area contributed by atoms with Crippen LogP contribution in [0.5, 0.6) is 0 Å². The second kappa shape index (κ2) is 3.08. The van der Waals surface area contributed by atoms with Gasteiger partial charge in [-0.25, -0.2) is 0 Å². The van der Waals surface area contributed by atoms with Gasteiger partial charge in [-0.1, -0.05) is 15.9 Å². The van der Waals surface area contributed by atoms with Gasteiger partial charge >= 0.3 is 5.97 Å². The van der Waals surface area contributed by atoms with E-state index in [0.29, 0.717) is 5.92 Å². The van der Waals surface area contributed by atoms with Crippen LogP contribution >= 0.6 is 15.9 Å². The first-order valence-electron chi connectivity index (χ1n) is 4.40. The van der Waals surface area contributed by atoms with E-state index < -0.39 is 0 Å². The van der Waals surface area contributed by atoms with E-state index in [4.69, 9.17) is 0 Å². The molecule has 0 N–H and O–H groups in total. The summed E-state index contributed by atoms with van der Waals surface area (Å²) in [5.74, 6) is 0.0617. The van der Waals surface area contributed by atoms with Crippen LogP contribution in [-0.2, 0) is 14.3 Å². The molecular weight excluding hydrogens is 236 g/mol. The summed E-state index contributed by atoms with van der Waals surface area (Å²) in [5, 5.41) is 0. The summed E-state index contributed by atoms with van der Waals surface area (Å²) in [5.41, 5.74) is 0. The molecule has 2 saturated carbocycles. The molecule has 0 heterocycles. The fourth-order valence-corrected chi connectivity index (χ4v) is 3.25. The Morgan fingerprint density at radius 3 is 2.69 bits per heavy atom. The number of ether oxygens (including phenoxy) is 1. The van der Waals surface area contributed by atoms with Gasteiger partial charge in [-0.05, 0) is 18.8 Å². The molecule has 0 radical (unpaired) electrons. The second-order valence-corrected chi connectivity index (χ2v) is 4.76. The Morgan fingerprint density at radius 2 is 2.23 bits per heavy atom. The van der Waals surface area contributed by atoms with Crippen molar-refractivity contribution in [3.05, 3.63) is 0 Å². The van der Waals surface area contributed by atoms with Crippen LogP contribution in [0.1, 0.15) is 12.8 Å². The molecule has 2 aliphatic rings. The largest absolute Gasteiger partial charge is 0.469 e. The van der Waals surface area contributed by atoms with Gasteiger partial charge in [0.25, 0.3) is 0 Å². The SMILES string of the molecule is COC(=O)[C@@H]1C[C@H]2C[C@H]1C(=O)[C@@H]2Br. The van der Waals surface area contributed by atoms with Crippen LogP contribution in [0.3, 0.4) is 0 Å². The molecule has 2 fully saturated rings. The third-order valence-electron chi connectivity index (χ3n) is 3.15. The summed E-state index contributed by atoms with van der Waals surface area (Å²) in [6.45, 7) is 0. The number of halogens is 1.